The molecule has 0 radical (unpaired) electrons. The standard InChI is InChI=1S/C14H23N5O/c1-10(2)5-15-6-12-7-19(9-16-12)8-13-17-14(11(3)4)18-20-13/h7,9-11,15H,5-6,8H2,1-4H3. The minimum Gasteiger partial charge on any atom is -0.337 e. The van der Waals surface area contributed by atoms with Crippen molar-refractivity contribution in [3.63, 3.8) is 0 Å². The van der Waals surface area contributed by atoms with E-state index in [9.17, 15) is 0 Å². The maximum Gasteiger partial charge on any atom is 0.246 e. The highest BCUT2D eigenvalue weighted by molar-refractivity contribution is 4.99. The van der Waals surface area contributed by atoms with E-state index in [2.05, 4.69) is 34.3 Å². The van der Waals surface area contributed by atoms with Gasteiger partial charge in [-0.25, -0.2) is 4.98 Å². The average Bonchev–Trinajstić information content (AvgIpc) is 2.99. The lowest BCUT2D eigenvalue weighted by molar-refractivity contribution is 0.364. The quantitative estimate of drug-likeness (QED) is 0.840. The third-order valence-corrected chi connectivity index (χ3v) is 2.86. The van der Waals surface area contributed by atoms with Gasteiger partial charge in [0.1, 0.15) is 6.54 Å². The van der Waals surface area contributed by atoms with Crippen LogP contribution in [-0.2, 0) is 13.1 Å². The Kier molecular flexibility index (Phi) is 4.89. The Morgan fingerprint density at radius 3 is 2.75 bits per heavy atom. The Labute approximate surface area is 119 Å². The van der Waals surface area contributed by atoms with Crippen LogP contribution in [0.5, 0.6) is 0 Å². The molecule has 2 heterocycles. The van der Waals surface area contributed by atoms with Crippen molar-refractivity contribution in [2.45, 2.75) is 46.7 Å². The monoisotopic (exact) mass is 277 g/mol. The Bertz CT molecular complexity index is 529. The lowest BCUT2D eigenvalue weighted by Crippen LogP contribution is -2.19. The van der Waals surface area contributed by atoms with Crippen molar-refractivity contribution < 1.29 is 4.52 Å². The van der Waals surface area contributed by atoms with Crippen LogP contribution in [0.15, 0.2) is 17.0 Å². The topological polar surface area (TPSA) is 68.8 Å². The molecule has 110 valence electrons. The predicted octanol–water partition coefficient (Wildman–Crippen LogP) is 2.18. The van der Waals surface area contributed by atoms with Crippen LogP contribution >= 0.6 is 0 Å². The fourth-order valence-corrected chi connectivity index (χ4v) is 1.80. The zero-order valence-corrected chi connectivity index (χ0v) is 12.6. The summed E-state index contributed by atoms with van der Waals surface area (Å²) < 4.78 is 7.19. The highest BCUT2D eigenvalue weighted by atomic mass is 16.5. The van der Waals surface area contributed by atoms with E-state index < -0.39 is 0 Å². The fourth-order valence-electron chi connectivity index (χ4n) is 1.80. The summed E-state index contributed by atoms with van der Waals surface area (Å²) in [4.78, 5) is 8.72. The molecule has 0 spiro atoms. The molecule has 2 rings (SSSR count). The SMILES string of the molecule is CC(C)CNCc1cn(Cc2nc(C(C)C)no2)cn1. The summed E-state index contributed by atoms with van der Waals surface area (Å²) in [5.74, 6) is 2.29. The molecule has 0 aromatic carbocycles. The molecule has 2 aromatic heterocycles. The maximum absolute atomic E-state index is 5.23. The maximum atomic E-state index is 5.23. The number of imidazole rings is 1. The minimum absolute atomic E-state index is 0.283. The first-order valence-electron chi connectivity index (χ1n) is 7.08. The second-order valence-electron chi connectivity index (χ2n) is 5.76. The lowest BCUT2D eigenvalue weighted by Gasteiger charge is -2.04. The fraction of sp³-hybridized carbons (Fsp3) is 0.643. The minimum atomic E-state index is 0.283. The highest BCUT2D eigenvalue weighted by Gasteiger charge is 2.10. The van der Waals surface area contributed by atoms with E-state index in [0.29, 0.717) is 18.4 Å². The van der Waals surface area contributed by atoms with Crippen molar-refractivity contribution >= 4 is 0 Å². The van der Waals surface area contributed by atoms with Gasteiger partial charge in [-0.15, -0.1) is 0 Å². The van der Waals surface area contributed by atoms with Gasteiger partial charge >= 0.3 is 0 Å². The molecular weight excluding hydrogens is 254 g/mol. The smallest absolute Gasteiger partial charge is 0.246 e. The molecule has 2 aromatic rings. The van der Waals surface area contributed by atoms with Gasteiger partial charge in [-0.1, -0.05) is 32.9 Å². The number of hydrogen-bond acceptors (Lipinski definition) is 5. The van der Waals surface area contributed by atoms with E-state index in [1.165, 1.54) is 0 Å². The van der Waals surface area contributed by atoms with Crippen molar-refractivity contribution in [3.8, 4) is 0 Å². The van der Waals surface area contributed by atoms with Crippen LogP contribution in [-0.4, -0.2) is 26.2 Å². The first kappa shape index (κ1) is 14.7. The van der Waals surface area contributed by atoms with Gasteiger partial charge in [0, 0.05) is 18.7 Å². The molecule has 0 fully saturated rings. The van der Waals surface area contributed by atoms with E-state index in [-0.39, 0.29) is 5.92 Å². The molecule has 0 bridgehead atoms. The van der Waals surface area contributed by atoms with Crippen LogP contribution < -0.4 is 5.32 Å². The summed E-state index contributed by atoms with van der Waals surface area (Å²) in [7, 11) is 0. The van der Waals surface area contributed by atoms with Crippen molar-refractivity contribution in [2.24, 2.45) is 5.92 Å². The third-order valence-electron chi connectivity index (χ3n) is 2.86. The third kappa shape index (κ3) is 4.16. The van der Waals surface area contributed by atoms with Gasteiger partial charge in [0.2, 0.25) is 5.89 Å². The summed E-state index contributed by atoms with van der Waals surface area (Å²) in [5, 5.41) is 7.33. The van der Waals surface area contributed by atoms with Gasteiger partial charge in [0.25, 0.3) is 0 Å². The molecule has 0 amide bonds. The zero-order chi connectivity index (χ0) is 14.5. The van der Waals surface area contributed by atoms with E-state index in [1.807, 2.05) is 24.6 Å². The number of rotatable bonds is 7. The molecule has 6 heteroatoms. The Morgan fingerprint density at radius 2 is 2.10 bits per heavy atom. The van der Waals surface area contributed by atoms with E-state index >= 15 is 0 Å². The van der Waals surface area contributed by atoms with Gasteiger partial charge < -0.3 is 14.4 Å². The number of nitrogens with zero attached hydrogens (tertiary/aromatic N) is 4. The molecule has 0 saturated heterocycles. The van der Waals surface area contributed by atoms with E-state index in [0.717, 1.165) is 24.6 Å². The van der Waals surface area contributed by atoms with Gasteiger partial charge in [-0.3, -0.25) is 0 Å². The summed E-state index contributed by atoms with van der Waals surface area (Å²) in [6.45, 7) is 10.8. The molecule has 6 nitrogen and oxygen atoms in total. The lowest BCUT2D eigenvalue weighted by atomic mass is 10.2. The molecule has 0 unspecified atom stereocenters. The normalized spacial score (nSPS) is 11.7. The molecule has 0 aliphatic heterocycles. The second kappa shape index (κ2) is 6.65. The van der Waals surface area contributed by atoms with Gasteiger partial charge in [-0.05, 0) is 12.5 Å². The summed E-state index contributed by atoms with van der Waals surface area (Å²) in [6.07, 6.45) is 3.80. The predicted molar refractivity (Wildman–Crippen MR) is 76.3 cm³/mol. The Hall–Kier alpha value is -1.69. The second-order valence-corrected chi connectivity index (χ2v) is 5.76. The molecule has 1 N–H and O–H groups in total. The molecular formula is C14H23N5O. The Morgan fingerprint density at radius 1 is 1.30 bits per heavy atom. The van der Waals surface area contributed by atoms with Gasteiger partial charge in [0.15, 0.2) is 5.82 Å². The van der Waals surface area contributed by atoms with Gasteiger partial charge in [-0.2, -0.15) is 4.98 Å². The molecule has 0 aliphatic rings. The van der Waals surface area contributed by atoms with Crippen LogP contribution in [0, 0.1) is 5.92 Å². The number of nitrogens with one attached hydrogen (secondary N) is 1. The highest BCUT2D eigenvalue weighted by Crippen LogP contribution is 2.10. The van der Waals surface area contributed by atoms with E-state index in [4.69, 9.17) is 4.52 Å². The van der Waals surface area contributed by atoms with Crippen molar-refractivity contribution in [3.05, 3.63) is 29.9 Å². The van der Waals surface area contributed by atoms with Crippen LogP contribution in [0.1, 0.15) is 51.0 Å². The Balaban J connectivity index is 1.88. The van der Waals surface area contributed by atoms with Crippen LogP contribution in [0.25, 0.3) is 0 Å². The molecule has 0 atom stereocenters. The largest absolute Gasteiger partial charge is 0.337 e. The van der Waals surface area contributed by atoms with Crippen LogP contribution in [0.2, 0.25) is 0 Å². The first-order chi connectivity index (χ1) is 9.54. The summed E-state index contributed by atoms with van der Waals surface area (Å²) >= 11 is 0. The number of aromatic nitrogens is 4. The average molecular weight is 277 g/mol. The van der Waals surface area contributed by atoms with Crippen molar-refractivity contribution in [1.82, 2.24) is 25.0 Å². The van der Waals surface area contributed by atoms with Crippen LogP contribution in [0.4, 0.5) is 0 Å². The first-order valence-corrected chi connectivity index (χ1v) is 7.08. The zero-order valence-electron chi connectivity index (χ0n) is 12.6. The van der Waals surface area contributed by atoms with E-state index in [1.54, 1.807) is 6.33 Å². The van der Waals surface area contributed by atoms with Gasteiger partial charge in [0.05, 0.1) is 12.0 Å². The number of hydrogen-bond donors (Lipinski definition) is 1. The molecule has 0 aliphatic carbocycles. The van der Waals surface area contributed by atoms with Crippen molar-refractivity contribution in [2.75, 3.05) is 6.54 Å². The van der Waals surface area contributed by atoms with Crippen LogP contribution in [0.3, 0.4) is 0 Å². The molecule has 20 heavy (non-hydrogen) atoms. The summed E-state index contributed by atoms with van der Waals surface area (Å²) in [6, 6.07) is 0. The van der Waals surface area contributed by atoms with Crippen molar-refractivity contribution in [1.29, 1.82) is 0 Å². The summed E-state index contributed by atoms with van der Waals surface area (Å²) in [5.41, 5.74) is 1.02. The molecule has 0 saturated carbocycles.